The van der Waals surface area contributed by atoms with Crippen molar-refractivity contribution in [3.63, 3.8) is 0 Å². The molecule has 20 heavy (non-hydrogen) atoms. The van der Waals surface area contributed by atoms with Crippen LogP contribution in [0.4, 0.5) is 0 Å². The maximum atomic E-state index is 6.08. The molecule has 0 aliphatic carbocycles. The van der Waals surface area contributed by atoms with Crippen molar-refractivity contribution >= 4 is 0 Å². The summed E-state index contributed by atoms with van der Waals surface area (Å²) in [7, 11) is 0. The van der Waals surface area contributed by atoms with Crippen LogP contribution in [0.2, 0.25) is 0 Å². The lowest BCUT2D eigenvalue weighted by atomic mass is 9.77. The topological polar surface area (TPSA) is 82.3 Å². The van der Waals surface area contributed by atoms with E-state index in [0.717, 1.165) is 51.2 Å². The molecule has 1 aromatic heterocycles. The standard InChI is InChI=1S/C14H22N4O2/c15-18-13(12-10-16-4-5-17-12)11-1-6-20-14(9-11)2-7-19-8-3-14/h4-5,10-11,13,18H,1-3,6-9,15H2. The molecular weight excluding hydrogens is 256 g/mol. The van der Waals surface area contributed by atoms with E-state index in [4.69, 9.17) is 15.3 Å². The Morgan fingerprint density at radius 1 is 1.30 bits per heavy atom. The third-order valence-electron chi connectivity index (χ3n) is 4.49. The number of ether oxygens (including phenoxy) is 2. The highest BCUT2D eigenvalue weighted by Crippen LogP contribution is 2.41. The SMILES string of the molecule is NNC(c1cnccn1)C1CCOC2(CCOCC2)C1. The van der Waals surface area contributed by atoms with Gasteiger partial charge in [-0.25, -0.2) is 0 Å². The van der Waals surface area contributed by atoms with Crippen LogP contribution in [0.25, 0.3) is 0 Å². The van der Waals surface area contributed by atoms with E-state index in [1.54, 1.807) is 18.6 Å². The number of nitrogens with one attached hydrogen (secondary N) is 1. The highest BCUT2D eigenvalue weighted by Gasteiger charge is 2.41. The largest absolute Gasteiger partial charge is 0.381 e. The van der Waals surface area contributed by atoms with Gasteiger partial charge in [0.1, 0.15) is 0 Å². The van der Waals surface area contributed by atoms with Crippen LogP contribution in [0, 0.1) is 5.92 Å². The molecular formula is C14H22N4O2. The maximum Gasteiger partial charge on any atom is 0.0772 e. The molecule has 0 saturated carbocycles. The Labute approximate surface area is 119 Å². The first-order valence-electron chi connectivity index (χ1n) is 7.27. The monoisotopic (exact) mass is 278 g/mol. The van der Waals surface area contributed by atoms with Crippen molar-refractivity contribution in [2.24, 2.45) is 11.8 Å². The van der Waals surface area contributed by atoms with E-state index in [-0.39, 0.29) is 11.6 Å². The highest BCUT2D eigenvalue weighted by molar-refractivity contribution is 5.06. The number of aromatic nitrogens is 2. The Hall–Kier alpha value is -1.08. The molecule has 2 fully saturated rings. The highest BCUT2D eigenvalue weighted by atomic mass is 16.5. The zero-order chi connectivity index (χ0) is 13.8. The van der Waals surface area contributed by atoms with E-state index in [0.29, 0.717) is 5.92 Å². The van der Waals surface area contributed by atoms with Crippen LogP contribution in [-0.4, -0.2) is 35.4 Å². The Balaban J connectivity index is 1.75. The van der Waals surface area contributed by atoms with Crippen LogP contribution in [-0.2, 0) is 9.47 Å². The summed E-state index contributed by atoms with van der Waals surface area (Å²) in [4.78, 5) is 8.53. The lowest BCUT2D eigenvalue weighted by Crippen LogP contribution is -2.47. The minimum absolute atomic E-state index is 0.0293. The predicted molar refractivity (Wildman–Crippen MR) is 73.6 cm³/mol. The molecule has 110 valence electrons. The van der Waals surface area contributed by atoms with Gasteiger partial charge in [-0.1, -0.05) is 0 Å². The molecule has 0 radical (unpaired) electrons. The van der Waals surface area contributed by atoms with Gasteiger partial charge in [0.05, 0.1) is 23.5 Å². The molecule has 3 rings (SSSR count). The Kier molecular flexibility index (Phi) is 4.26. The van der Waals surface area contributed by atoms with Crippen LogP contribution < -0.4 is 11.3 Å². The van der Waals surface area contributed by atoms with E-state index >= 15 is 0 Å². The molecule has 6 nitrogen and oxygen atoms in total. The molecule has 0 aromatic carbocycles. The molecule has 0 amide bonds. The van der Waals surface area contributed by atoms with Gasteiger partial charge >= 0.3 is 0 Å². The number of nitrogens with two attached hydrogens (primary N) is 1. The summed E-state index contributed by atoms with van der Waals surface area (Å²) in [5.74, 6) is 6.19. The maximum absolute atomic E-state index is 6.08. The van der Waals surface area contributed by atoms with Gasteiger partial charge in [-0.15, -0.1) is 0 Å². The minimum atomic E-state index is -0.0293. The average Bonchev–Trinajstić information content (AvgIpc) is 2.50. The second-order valence-electron chi connectivity index (χ2n) is 5.67. The van der Waals surface area contributed by atoms with Gasteiger partial charge in [-0.3, -0.25) is 21.2 Å². The van der Waals surface area contributed by atoms with E-state index in [1.165, 1.54) is 0 Å². The summed E-state index contributed by atoms with van der Waals surface area (Å²) in [6, 6.07) is 0.0346. The lowest BCUT2D eigenvalue weighted by molar-refractivity contribution is -0.150. The molecule has 2 aliphatic rings. The number of hydrogen-bond acceptors (Lipinski definition) is 6. The quantitative estimate of drug-likeness (QED) is 0.633. The van der Waals surface area contributed by atoms with Crippen LogP contribution in [0.1, 0.15) is 37.4 Å². The van der Waals surface area contributed by atoms with E-state index in [2.05, 4.69) is 15.4 Å². The predicted octanol–water partition coefficient (Wildman–Crippen LogP) is 0.957. The van der Waals surface area contributed by atoms with Crippen molar-refractivity contribution < 1.29 is 9.47 Å². The molecule has 1 spiro atoms. The van der Waals surface area contributed by atoms with Crippen LogP contribution >= 0.6 is 0 Å². The number of rotatable bonds is 3. The van der Waals surface area contributed by atoms with Gasteiger partial charge in [0.15, 0.2) is 0 Å². The normalized spacial score (nSPS) is 27.4. The van der Waals surface area contributed by atoms with Crippen LogP contribution in [0.5, 0.6) is 0 Å². The Bertz CT molecular complexity index is 417. The van der Waals surface area contributed by atoms with Crippen molar-refractivity contribution in [2.45, 2.75) is 37.3 Å². The second-order valence-corrected chi connectivity index (χ2v) is 5.67. The molecule has 2 unspecified atom stereocenters. The molecule has 2 aliphatic heterocycles. The molecule has 1 aromatic rings. The fourth-order valence-corrected chi connectivity index (χ4v) is 3.38. The summed E-state index contributed by atoms with van der Waals surface area (Å²) >= 11 is 0. The van der Waals surface area contributed by atoms with Crippen LogP contribution in [0.3, 0.4) is 0 Å². The minimum Gasteiger partial charge on any atom is -0.381 e. The zero-order valence-electron chi connectivity index (χ0n) is 11.6. The van der Waals surface area contributed by atoms with E-state index < -0.39 is 0 Å². The van der Waals surface area contributed by atoms with E-state index in [9.17, 15) is 0 Å². The van der Waals surface area contributed by atoms with Gasteiger partial charge < -0.3 is 9.47 Å². The fraction of sp³-hybridized carbons (Fsp3) is 0.714. The summed E-state index contributed by atoms with van der Waals surface area (Å²) in [5, 5.41) is 0. The van der Waals surface area contributed by atoms with Crippen molar-refractivity contribution in [2.75, 3.05) is 19.8 Å². The first-order chi connectivity index (χ1) is 9.83. The number of nitrogens with zero attached hydrogens (tertiary/aromatic N) is 2. The molecule has 2 saturated heterocycles. The molecule has 3 heterocycles. The smallest absolute Gasteiger partial charge is 0.0772 e. The molecule has 2 atom stereocenters. The van der Waals surface area contributed by atoms with Crippen molar-refractivity contribution in [1.82, 2.24) is 15.4 Å². The first-order valence-corrected chi connectivity index (χ1v) is 7.27. The number of hydrogen-bond donors (Lipinski definition) is 2. The summed E-state index contributed by atoms with van der Waals surface area (Å²) in [6.45, 7) is 2.36. The molecule has 3 N–H and O–H groups in total. The summed E-state index contributed by atoms with van der Waals surface area (Å²) < 4.78 is 11.5. The van der Waals surface area contributed by atoms with Crippen molar-refractivity contribution in [1.29, 1.82) is 0 Å². The zero-order valence-corrected chi connectivity index (χ0v) is 11.6. The number of hydrazine groups is 1. The Morgan fingerprint density at radius 2 is 2.15 bits per heavy atom. The first kappa shape index (κ1) is 13.9. The van der Waals surface area contributed by atoms with Crippen LogP contribution in [0.15, 0.2) is 18.6 Å². The lowest BCUT2D eigenvalue weighted by Gasteiger charge is -2.45. The Morgan fingerprint density at radius 3 is 2.85 bits per heavy atom. The molecule has 6 heteroatoms. The van der Waals surface area contributed by atoms with Gasteiger partial charge in [0.2, 0.25) is 0 Å². The second kappa shape index (κ2) is 6.13. The van der Waals surface area contributed by atoms with Gasteiger partial charge in [-0.2, -0.15) is 0 Å². The summed E-state index contributed by atoms with van der Waals surface area (Å²) in [5.41, 5.74) is 3.80. The third kappa shape index (κ3) is 2.83. The average molecular weight is 278 g/mol. The van der Waals surface area contributed by atoms with Gasteiger partial charge in [-0.05, 0) is 31.6 Å². The molecule has 0 bridgehead atoms. The fourth-order valence-electron chi connectivity index (χ4n) is 3.38. The van der Waals surface area contributed by atoms with Gasteiger partial charge in [0, 0.05) is 32.2 Å². The summed E-state index contributed by atoms with van der Waals surface area (Å²) in [6.07, 6.45) is 9.12. The van der Waals surface area contributed by atoms with E-state index in [1.807, 2.05) is 0 Å². The van der Waals surface area contributed by atoms with Gasteiger partial charge in [0.25, 0.3) is 0 Å². The third-order valence-corrected chi connectivity index (χ3v) is 4.49. The van der Waals surface area contributed by atoms with Crippen molar-refractivity contribution in [3.05, 3.63) is 24.3 Å². The van der Waals surface area contributed by atoms with Crippen molar-refractivity contribution in [3.8, 4) is 0 Å².